The molecular formula is C12H9FN4O4. The van der Waals surface area contributed by atoms with Crippen molar-refractivity contribution in [2.75, 3.05) is 5.32 Å². The monoisotopic (exact) mass is 292 g/mol. The number of aliphatic carboxylic acids is 1. The largest absolute Gasteiger partial charge is 0.479 e. The summed E-state index contributed by atoms with van der Waals surface area (Å²) in [6.07, 6.45) is 1.89. The highest BCUT2D eigenvalue weighted by molar-refractivity contribution is 5.78. The molecule has 8 nitrogen and oxygen atoms in total. The number of carboxylic acids is 1. The molecule has 0 aliphatic rings. The highest BCUT2D eigenvalue weighted by atomic mass is 19.1. The van der Waals surface area contributed by atoms with Crippen LogP contribution in [0.15, 0.2) is 36.7 Å². The van der Waals surface area contributed by atoms with Gasteiger partial charge in [-0.25, -0.2) is 19.2 Å². The third-order valence-corrected chi connectivity index (χ3v) is 2.55. The predicted molar refractivity (Wildman–Crippen MR) is 69.1 cm³/mol. The van der Waals surface area contributed by atoms with Crippen molar-refractivity contribution in [2.45, 2.75) is 6.04 Å². The number of nitro groups is 1. The molecule has 0 spiro atoms. The molecule has 0 radical (unpaired) electrons. The lowest BCUT2D eigenvalue weighted by Crippen LogP contribution is -2.21. The number of carboxylic acid groups (broad SMARTS) is 1. The summed E-state index contributed by atoms with van der Waals surface area (Å²) in [5, 5.41) is 22.1. The van der Waals surface area contributed by atoms with Crippen molar-refractivity contribution in [2.24, 2.45) is 0 Å². The van der Waals surface area contributed by atoms with E-state index < -0.39 is 22.8 Å². The van der Waals surface area contributed by atoms with Gasteiger partial charge in [-0.15, -0.1) is 0 Å². The van der Waals surface area contributed by atoms with Crippen LogP contribution in [-0.2, 0) is 4.79 Å². The van der Waals surface area contributed by atoms with E-state index in [4.69, 9.17) is 0 Å². The highest BCUT2D eigenvalue weighted by Crippen LogP contribution is 2.19. The number of hydrogen-bond donors (Lipinski definition) is 2. The first-order valence-corrected chi connectivity index (χ1v) is 5.68. The maximum Gasteiger partial charge on any atom is 0.330 e. The van der Waals surface area contributed by atoms with Crippen LogP contribution in [0, 0.1) is 15.9 Å². The Morgan fingerprint density at radius 3 is 2.57 bits per heavy atom. The molecule has 0 bridgehead atoms. The Balaban J connectivity index is 2.24. The molecule has 2 aromatic rings. The van der Waals surface area contributed by atoms with Gasteiger partial charge < -0.3 is 10.4 Å². The van der Waals surface area contributed by atoms with Crippen molar-refractivity contribution < 1.29 is 19.2 Å². The lowest BCUT2D eigenvalue weighted by atomic mass is 10.1. The Hall–Kier alpha value is -3.10. The Bertz CT molecular complexity index is 677. The Morgan fingerprint density at radius 2 is 2.05 bits per heavy atom. The van der Waals surface area contributed by atoms with Crippen molar-refractivity contribution in [1.82, 2.24) is 9.97 Å². The minimum Gasteiger partial charge on any atom is -0.479 e. The van der Waals surface area contributed by atoms with Gasteiger partial charge in [0.05, 0.1) is 4.92 Å². The summed E-state index contributed by atoms with van der Waals surface area (Å²) in [4.78, 5) is 28.3. The topological polar surface area (TPSA) is 118 Å². The maximum atomic E-state index is 13.1. The zero-order valence-corrected chi connectivity index (χ0v) is 10.4. The molecule has 2 rings (SSSR count). The minimum atomic E-state index is -1.28. The summed E-state index contributed by atoms with van der Waals surface area (Å²) < 4.78 is 13.1. The number of carbonyl (C=O) groups is 1. The Kier molecular flexibility index (Phi) is 4.02. The van der Waals surface area contributed by atoms with Crippen LogP contribution in [0.5, 0.6) is 0 Å². The summed E-state index contributed by atoms with van der Waals surface area (Å²) in [5.74, 6) is -1.95. The Labute approximate surface area is 117 Å². The van der Waals surface area contributed by atoms with Gasteiger partial charge in [0.1, 0.15) is 18.2 Å². The molecule has 0 saturated heterocycles. The van der Waals surface area contributed by atoms with Crippen LogP contribution in [0.2, 0.25) is 0 Å². The summed E-state index contributed by atoms with van der Waals surface area (Å²) in [5.41, 5.74) is -0.150. The maximum absolute atomic E-state index is 13.1. The van der Waals surface area contributed by atoms with Crippen molar-refractivity contribution in [3.05, 3.63) is 58.2 Å². The first-order valence-electron chi connectivity index (χ1n) is 5.68. The third-order valence-electron chi connectivity index (χ3n) is 2.55. The van der Waals surface area contributed by atoms with E-state index >= 15 is 0 Å². The predicted octanol–water partition coefficient (Wildman–Crippen LogP) is 1.76. The van der Waals surface area contributed by atoms with E-state index in [2.05, 4.69) is 15.3 Å². The van der Waals surface area contributed by atoms with E-state index in [-0.39, 0.29) is 17.2 Å². The summed E-state index contributed by atoms with van der Waals surface area (Å²) in [6, 6.07) is 3.78. The van der Waals surface area contributed by atoms with E-state index in [9.17, 15) is 24.4 Å². The van der Waals surface area contributed by atoms with E-state index in [1.165, 1.54) is 18.2 Å². The molecule has 0 amide bonds. The van der Waals surface area contributed by atoms with E-state index in [1.54, 1.807) is 0 Å². The van der Waals surface area contributed by atoms with Gasteiger partial charge >= 0.3 is 11.7 Å². The molecule has 0 fully saturated rings. The van der Waals surface area contributed by atoms with E-state index in [1.807, 2.05) is 0 Å². The van der Waals surface area contributed by atoms with Crippen LogP contribution in [0.1, 0.15) is 11.6 Å². The van der Waals surface area contributed by atoms with Crippen molar-refractivity contribution in [3.8, 4) is 0 Å². The average Bonchev–Trinajstić information content (AvgIpc) is 2.45. The molecule has 1 unspecified atom stereocenters. The molecule has 0 saturated carbocycles. The van der Waals surface area contributed by atoms with E-state index in [0.29, 0.717) is 0 Å². The van der Waals surface area contributed by atoms with Crippen LogP contribution < -0.4 is 5.32 Å². The second-order valence-electron chi connectivity index (χ2n) is 3.99. The molecule has 1 heterocycles. The average molecular weight is 292 g/mol. The third kappa shape index (κ3) is 3.47. The minimum absolute atomic E-state index is 0.114. The number of nitrogens with zero attached hydrogens (tertiary/aromatic N) is 3. The van der Waals surface area contributed by atoms with Crippen LogP contribution in [-0.4, -0.2) is 26.0 Å². The SMILES string of the molecule is O=C(O)C(Nc1ncc([N+](=O)[O-])cn1)c1cccc(F)c1. The van der Waals surface area contributed by atoms with Gasteiger partial charge in [0.2, 0.25) is 5.95 Å². The number of halogens is 1. The fourth-order valence-electron chi connectivity index (χ4n) is 1.59. The standard InChI is InChI=1S/C12H9FN4O4/c13-8-3-1-2-7(4-8)10(11(18)19)16-12-14-5-9(6-15-12)17(20)21/h1-6,10H,(H,18,19)(H,14,15,16). The first kappa shape index (κ1) is 14.3. The van der Waals surface area contributed by atoms with Gasteiger partial charge in [0.15, 0.2) is 6.04 Å². The number of anilines is 1. The molecule has 9 heteroatoms. The summed E-state index contributed by atoms with van der Waals surface area (Å²) in [7, 11) is 0. The number of aromatic nitrogens is 2. The molecular weight excluding hydrogens is 283 g/mol. The molecule has 0 aliphatic heterocycles. The van der Waals surface area contributed by atoms with Crippen molar-refractivity contribution in [3.63, 3.8) is 0 Å². The van der Waals surface area contributed by atoms with Gasteiger partial charge in [-0.2, -0.15) is 0 Å². The number of nitrogens with one attached hydrogen (secondary N) is 1. The molecule has 0 aliphatic carbocycles. The molecule has 1 aromatic carbocycles. The lowest BCUT2D eigenvalue weighted by molar-refractivity contribution is -0.385. The second kappa shape index (κ2) is 5.90. The summed E-state index contributed by atoms with van der Waals surface area (Å²) in [6.45, 7) is 0. The molecule has 1 atom stereocenters. The zero-order chi connectivity index (χ0) is 15.4. The van der Waals surface area contributed by atoms with E-state index in [0.717, 1.165) is 18.5 Å². The van der Waals surface area contributed by atoms with Crippen molar-refractivity contribution in [1.29, 1.82) is 0 Å². The fraction of sp³-hybridized carbons (Fsp3) is 0.0833. The summed E-state index contributed by atoms with van der Waals surface area (Å²) >= 11 is 0. The smallest absolute Gasteiger partial charge is 0.330 e. The van der Waals surface area contributed by atoms with Gasteiger partial charge in [0.25, 0.3) is 0 Å². The van der Waals surface area contributed by atoms with Gasteiger partial charge in [0, 0.05) is 0 Å². The van der Waals surface area contributed by atoms with Gasteiger partial charge in [-0.1, -0.05) is 12.1 Å². The van der Waals surface area contributed by atoms with Crippen LogP contribution >= 0.6 is 0 Å². The first-order chi connectivity index (χ1) is 9.97. The van der Waals surface area contributed by atoms with Gasteiger partial charge in [-0.3, -0.25) is 10.1 Å². The highest BCUT2D eigenvalue weighted by Gasteiger charge is 2.21. The Morgan fingerprint density at radius 1 is 1.38 bits per heavy atom. The zero-order valence-electron chi connectivity index (χ0n) is 10.4. The molecule has 21 heavy (non-hydrogen) atoms. The molecule has 2 N–H and O–H groups in total. The fourth-order valence-corrected chi connectivity index (χ4v) is 1.59. The molecule has 1 aromatic heterocycles. The van der Waals surface area contributed by atoms with Crippen LogP contribution in [0.3, 0.4) is 0 Å². The quantitative estimate of drug-likeness (QED) is 0.636. The molecule has 108 valence electrons. The van der Waals surface area contributed by atoms with Crippen LogP contribution in [0.25, 0.3) is 0 Å². The lowest BCUT2D eigenvalue weighted by Gasteiger charge is -2.14. The number of benzene rings is 1. The van der Waals surface area contributed by atoms with Crippen molar-refractivity contribution >= 4 is 17.6 Å². The normalized spacial score (nSPS) is 11.7. The second-order valence-corrected chi connectivity index (χ2v) is 3.99. The number of hydrogen-bond acceptors (Lipinski definition) is 6. The van der Waals surface area contributed by atoms with Crippen LogP contribution in [0.4, 0.5) is 16.0 Å². The van der Waals surface area contributed by atoms with Gasteiger partial charge in [-0.05, 0) is 17.7 Å². The number of rotatable bonds is 5.